The molecule has 14 heteroatoms. The lowest BCUT2D eigenvalue weighted by molar-refractivity contribution is -0.142. The molecule has 0 rings (SSSR count). The summed E-state index contributed by atoms with van der Waals surface area (Å²) in [5.41, 5.74) is 21.8. The first-order valence-electron chi connectivity index (χ1n) is 11.3. The van der Waals surface area contributed by atoms with Crippen LogP contribution in [0.3, 0.4) is 0 Å². The van der Waals surface area contributed by atoms with E-state index < -0.39 is 53.8 Å². The normalized spacial score (nSPS) is 14.4. The van der Waals surface area contributed by atoms with E-state index in [-0.39, 0.29) is 25.0 Å². The second-order valence-corrected chi connectivity index (χ2v) is 8.25. The number of carboxylic acid groups (broad SMARTS) is 1. The lowest BCUT2D eigenvalue weighted by Gasteiger charge is -2.24. The topological polar surface area (TPSA) is 246 Å². The number of thiol groups is 1. The van der Waals surface area contributed by atoms with E-state index in [4.69, 9.17) is 22.9 Å². The molecule has 0 bridgehead atoms. The quantitative estimate of drug-likeness (QED) is 0.0653. The second kappa shape index (κ2) is 18.0. The van der Waals surface area contributed by atoms with Crippen LogP contribution in [0.15, 0.2) is 0 Å². The van der Waals surface area contributed by atoms with Crippen LogP contribution in [0.2, 0.25) is 0 Å². The van der Waals surface area contributed by atoms with Crippen molar-refractivity contribution in [1.82, 2.24) is 16.0 Å². The first-order valence-corrected chi connectivity index (χ1v) is 11.9. The number of primary amides is 1. The minimum Gasteiger partial charge on any atom is -0.480 e. The Morgan fingerprint density at radius 2 is 1.24 bits per heavy atom. The summed E-state index contributed by atoms with van der Waals surface area (Å²) in [7, 11) is 0. The number of amides is 4. The molecule has 34 heavy (non-hydrogen) atoms. The molecule has 13 nitrogen and oxygen atoms in total. The molecule has 0 saturated heterocycles. The van der Waals surface area contributed by atoms with Gasteiger partial charge in [0.1, 0.15) is 18.1 Å². The van der Waals surface area contributed by atoms with Crippen LogP contribution in [-0.2, 0) is 24.0 Å². The summed E-state index contributed by atoms with van der Waals surface area (Å²) in [6, 6.07) is -4.41. The van der Waals surface area contributed by atoms with Gasteiger partial charge in [0, 0.05) is 12.2 Å². The number of nitrogens with one attached hydrogen (secondary N) is 3. The van der Waals surface area contributed by atoms with Crippen molar-refractivity contribution >= 4 is 42.2 Å². The molecule has 4 unspecified atom stereocenters. The van der Waals surface area contributed by atoms with Crippen molar-refractivity contribution in [3.63, 3.8) is 0 Å². The van der Waals surface area contributed by atoms with Gasteiger partial charge >= 0.3 is 5.97 Å². The average Bonchev–Trinajstić information content (AvgIpc) is 2.78. The SMILES string of the molecule is NCCCCC(N)C(=O)NC(CCC(N)=O)C(=O)NC(CS)C(=O)NC(CCCCN)C(=O)O. The number of carboxylic acids is 1. The van der Waals surface area contributed by atoms with Crippen molar-refractivity contribution in [2.45, 2.75) is 75.5 Å². The van der Waals surface area contributed by atoms with Crippen molar-refractivity contribution in [1.29, 1.82) is 0 Å². The van der Waals surface area contributed by atoms with Crippen LogP contribution >= 0.6 is 12.6 Å². The number of carbonyl (C=O) groups is 5. The van der Waals surface area contributed by atoms with E-state index in [1.54, 1.807) is 0 Å². The Morgan fingerprint density at radius 1 is 0.735 bits per heavy atom. The molecule has 0 aliphatic carbocycles. The van der Waals surface area contributed by atoms with Crippen molar-refractivity contribution in [2.24, 2.45) is 22.9 Å². The van der Waals surface area contributed by atoms with E-state index in [1.165, 1.54) is 0 Å². The zero-order valence-electron chi connectivity index (χ0n) is 19.3. The number of aliphatic carboxylic acids is 1. The maximum absolute atomic E-state index is 12.8. The molecule has 0 radical (unpaired) electrons. The smallest absolute Gasteiger partial charge is 0.326 e. The van der Waals surface area contributed by atoms with Gasteiger partial charge in [-0.25, -0.2) is 4.79 Å². The molecule has 196 valence electrons. The van der Waals surface area contributed by atoms with Crippen molar-refractivity contribution in [2.75, 3.05) is 18.8 Å². The van der Waals surface area contributed by atoms with Gasteiger partial charge in [0.15, 0.2) is 0 Å². The Bertz CT molecular complexity index is 682. The van der Waals surface area contributed by atoms with Crippen LogP contribution in [0, 0.1) is 0 Å². The molecule has 0 heterocycles. The fourth-order valence-corrected chi connectivity index (χ4v) is 3.22. The minimum atomic E-state index is -1.22. The monoisotopic (exact) mass is 505 g/mol. The molecule has 0 fully saturated rings. The van der Waals surface area contributed by atoms with Crippen molar-refractivity contribution in [3.8, 4) is 0 Å². The van der Waals surface area contributed by atoms with Gasteiger partial charge in [-0.15, -0.1) is 0 Å². The number of nitrogens with two attached hydrogens (primary N) is 4. The molecular formula is C20H39N7O6S. The zero-order valence-corrected chi connectivity index (χ0v) is 20.2. The van der Waals surface area contributed by atoms with Gasteiger partial charge in [-0.05, 0) is 51.6 Å². The van der Waals surface area contributed by atoms with Crippen LogP contribution < -0.4 is 38.9 Å². The third-order valence-electron chi connectivity index (χ3n) is 5.00. The summed E-state index contributed by atoms with van der Waals surface area (Å²) < 4.78 is 0. The number of carbonyl (C=O) groups excluding carboxylic acids is 4. The fraction of sp³-hybridized carbons (Fsp3) is 0.750. The van der Waals surface area contributed by atoms with E-state index in [2.05, 4.69) is 28.6 Å². The Hall–Kier alpha value is -2.42. The molecule has 0 aliphatic rings. The molecular weight excluding hydrogens is 466 g/mol. The van der Waals surface area contributed by atoms with Crippen LogP contribution in [0.1, 0.15) is 51.4 Å². The van der Waals surface area contributed by atoms with Gasteiger partial charge in [0.25, 0.3) is 0 Å². The third-order valence-corrected chi connectivity index (χ3v) is 5.36. The number of hydrogen-bond acceptors (Lipinski definition) is 9. The first-order chi connectivity index (χ1) is 16.1. The summed E-state index contributed by atoms with van der Waals surface area (Å²) in [6.45, 7) is 0.853. The Balaban J connectivity index is 5.19. The molecule has 4 amide bonds. The van der Waals surface area contributed by atoms with E-state index >= 15 is 0 Å². The molecule has 0 aromatic heterocycles. The lowest BCUT2D eigenvalue weighted by atomic mass is 10.1. The van der Waals surface area contributed by atoms with Crippen LogP contribution in [0.25, 0.3) is 0 Å². The second-order valence-electron chi connectivity index (χ2n) is 7.88. The molecule has 0 aromatic rings. The van der Waals surface area contributed by atoms with Gasteiger partial charge < -0.3 is 44.0 Å². The molecule has 0 saturated carbocycles. The molecule has 4 atom stereocenters. The highest BCUT2D eigenvalue weighted by Gasteiger charge is 2.29. The summed E-state index contributed by atoms with van der Waals surface area (Å²) in [6.07, 6.45) is 2.64. The Morgan fingerprint density at radius 3 is 1.74 bits per heavy atom. The predicted molar refractivity (Wildman–Crippen MR) is 129 cm³/mol. The van der Waals surface area contributed by atoms with Crippen LogP contribution in [-0.4, -0.2) is 77.7 Å². The number of rotatable bonds is 19. The zero-order chi connectivity index (χ0) is 26.1. The van der Waals surface area contributed by atoms with Gasteiger partial charge in [-0.3, -0.25) is 19.2 Å². The van der Waals surface area contributed by atoms with E-state index in [0.717, 1.165) is 0 Å². The highest BCUT2D eigenvalue weighted by Crippen LogP contribution is 2.05. The Labute approximate surface area is 204 Å². The molecule has 12 N–H and O–H groups in total. The third kappa shape index (κ3) is 13.3. The van der Waals surface area contributed by atoms with Gasteiger partial charge in [-0.1, -0.05) is 6.42 Å². The summed E-state index contributed by atoms with van der Waals surface area (Å²) in [5, 5.41) is 16.6. The van der Waals surface area contributed by atoms with Crippen molar-refractivity contribution < 1.29 is 29.1 Å². The number of hydrogen-bond donors (Lipinski definition) is 9. The summed E-state index contributed by atoms with van der Waals surface area (Å²) in [4.78, 5) is 60.4. The van der Waals surface area contributed by atoms with Gasteiger partial charge in [-0.2, -0.15) is 12.6 Å². The van der Waals surface area contributed by atoms with Gasteiger partial charge in [0.05, 0.1) is 6.04 Å². The van der Waals surface area contributed by atoms with Crippen molar-refractivity contribution in [3.05, 3.63) is 0 Å². The largest absolute Gasteiger partial charge is 0.480 e. The molecule has 0 aliphatic heterocycles. The average molecular weight is 506 g/mol. The van der Waals surface area contributed by atoms with Crippen LogP contribution in [0.5, 0.6) is 0 Å². The highest BCUT2D eigenvalue weighted by atomic mass is 32.1. The van der Waals surface area contributed by atoms with E-state index in [9.17, 15) is 29.1 Å². The number of unbranched alkanes of at least 4 members (excludes halogenated alkanes) is 2. The minimum absolute atomic E-state index is 0.111. The lowest BCUT2D eigenvalue weighted by Crippen LogP contribution is -2.57. The maximum Gasteiger partial charge on any atom is 0.326 e. The van der Waals surface area contributed by atoms with Crippen LogP contribution in [0.4, 0.5) is 0 Å². The van der Waals surface area contributed by atoms with E-state index in [1.807, 2.05) is 0 Å². The standard InChI is InChI=1S/C20H39N7O6S/c21-9-3-1-5-12(23)17(29)25-13(7-8-16(24)28)18(30)27-15(11-34)19(31)26-14(20(32)33)6-2-4-10-22/h12-15,34H,1-11,21-23H2,(H2,24,28)(H,25,29)(H,26,31)(H,27,30)(H,32,33). The van der Waals surface area contributed by atoms with Gasteiger partial charge in [0.2, 0.25) is 23.6 Å². The summed E-state index contributed by atoms with van der Waals surface area (Å²) >= 11 is 4.06. The molecule has 0 aromatic carbocycles. The highest BCUT2D eigenvalue weighted by molar-refractivity contribution is 7.80. The first kappa shape index (κ1) is 31.6. The Kier molecular flexibility index (Phi) is 16.7. The molecule has 0 spiro atoms. The van der Waals surface area contributed by atoms with E-state index in [0.29, 0.717) is 45.2 Å². The fourth-order valence-electron chi connectivity index (χ4n) is 2.96. The maximum atomic E-state index is 12.8. The predicted octanol–water partition coefficient (Wildman–Crippen LogP) is -2.69. The summed E-state index contributed by atoms with van der Waals surface area (Å²) in [5.74, 6) is -4.13.